The molecule has 1 rings (SSSR count). The maximum Gasteiger partial charge on any atom is 0.311 e. The Morgan fingerprint density at radius 1 is 1.41 bits per heavy atom. The monoisotopic (exact) mass is 241 g/mol. The minimum absolute atomic E-state index is 0.00759. The number of rotatable bonds is 4. The van der Waals surface area contributed by atoms with Crippen LogP contribution in [0.4, 0.5) is 14.5 Å². The predicted octanol–water partition coefficient (Wildman–Crippen LogP) is 3.01. The van der Waals surface area contributed by atoms with Crippen LogP contribution in [0.2, 0.25) is 0 Å². The molecule has 0 aliphatic rings. The molecule has 1 aromatic rings. The molecule has 0 heterocycles. The third-order valence-corrected chi connectivity index (χ3v) is 1.93. The summed E-state index contributed by atoms with van der Waals surface area (Å²) in [7, 11) is 0. The Morgan fingerprint density at radius 2 is 2.12 bits per heavy atom. The Kier molecular flexibility index (Phi) is 4.75. The van der Waals surface area contributed by atoms with E-state index in [9.17, 15) is 13.6 Å². The van der Waals surface area contributed by atoms with E-state index in [4.69, 9.17) is 4.74 Å². The molecular weight excluding hydrogens is 228 g/mol. The first-order valence-electron chi connectivity index (χ1n) is 5.17. The van der Waals surface area contributed by atoms with Gasteiger partial charge in [0, 0.05) is 11.8 Å². The molecule has 5 heteroatoms. The molecule has 0 amide bonds. The third-order valence-electron chi connectivity index (χ3n) is 1.93. The molecule has 0 saturated carbocycles. The summed E-state index contributed by atoms with van der Waals surface area (Å²) in [5.74, 6) is -1.84. The van der Waals surface area contributed by atoms with Crippen molar-refractivity contribution >= 4 is 17.4 Å². The zero-order chi connectivity index (χ0) is 12.8. The molecule has 0 aromatic heterocycles. The molecule has 0 aliphatic heterocycles. The average Bonchev–Trinajstić information content (AvgIpc) is 2.22. The lowest BCUT2D eigenvalue weighted by atomic mass is 10.2. The highest BCUT2D eigenvalue weighted by atomic mass is 19.1. The standard InChI is InChI=1S/C12H13F2NO2/c1-3-17-12(16)6-8(2)15-11-5-4-9(13)7-10(11)14/h4-5,7H,3,6H2,1-2H3. The van der Waals surface area contributed by atoms with Crippen LogP contribution >= 0.6 is 0 Å². The maximum absolute atomic E-state index is 13.2. The van der Waals surface area contributed by atoms with Gasteiger partial charge in [-0.15, -0.1) is 0 Å². The van der Waals surface area contributed by atoms with Crippen molar-refractivity contribution in [1.29, 1.82) is 0 Å². The number of benzene rings is 1. The van der Waals surface area contributed by atoms with E-state index < -0.39 is 17.6 Å². The van der Waals surface area contributed by atoms with E-state index in [1.54, 1.807) is 13.8 Å². The fourth-order valence-electron chi connectivity index (χ4n) is 1.24. The Labute approximate surface area is 98.1 Å². The fraction of sp³-hybridized carbons (Fsp3) is 0.333. The predicted molar refractivity (Wildman–Crippen MR) is 60.4 cm³/mol. The van der Waals surface area contributed by atoms with E-state index in [0.29, 0.717) is 5.71 Å². The summed E-state index contributed by atoms with van der Waals surface area (Å²) >= 11 is 0. The molecule has 0 bridgehead atoms. The van der Waals surface area contributed by atoms with Crippen molar-refractivity contribution < 1.29 is 18.3 Å². The molecule has 0 radical (unpaired) electrons. The molecule has 3 nitrogen and oxygen atoms in total. The van der Waals surface area contributed by atoms with Crippen LogP contribution in [-0.4, -0.2) is 18.3 Å². The van der Waals surface area contributed by atoms with Gasteiger partial charge in [-0.25, -0.2) is 8.78 Å². The number of esters is 1. The second-order valence-corrected chi connectivity index (χ2v) is 3.42. The Morgan fingerprint density at radius 3 is 2.71 bits per heavy atom. The second kappa shape index (κ2) is 6.08. The molecule has 0 N–H and O–H groups in total. The first-order chi connectivity index (χ1) is 8.02. The number of ether oxygens (including phenoxy) is 1. The van der Waals surface area contributed by atoms with Gasteiger partial charge in [-0.3, -0.25) is 9.79 Å². The highest BCUT2D eigenvalue weighted by molar-refractivity contribution is 5.98. The maximum atomic E-state index is 13.2. The van der Waals surface area contributed by atoms with Gasteiger partial charge in [0.25, 0.3) is 0 Å². The Balaban J connectivity index is 2.77. The number of hydrogen-bond donors (Lipinski definition) is 0. The number of halogens is 2. The molecule has 92 valence electrons. The number of carbonyl (C=O) groups is 1. The molecule has 0 saturated heterocycles. The van der Waals surface area contributed by atoms with Crippen LogP contribution in [-0.2, 0) is 9.53 Å². The van der Waals surface area contributed by atoms with Crippen LogP contribution in [0.15, 0.2) is 23.2 Å². The summed E-state index contributed by atoms with van der Waals surface area (Å²) in [6.45, 7) is 3.57. The van der Waals surface area contributed by atoms with Crippen molar-refractivity contribution in [1.82, 2.24) is 0 Å². The summed E-state index contributed by atoms with van der Waals surface area (Å²) < 4.78 is 30.6. The lowest BCUT2D eigenvalue weighted by Crippen LogP contribution is -2.08. The minimum Gasteiger partial charge on any atom is -0.466 e. The molecule has 0 fully saturated rings. The van der Waals surface area contributed by atoms with Crippen LogP contribution in [0.25, 0.3) is 0 Å². The smallest absolute Gasteiger partial charge is 0.311 e. The first-order valence-corrected chi connectivity index (χ1v) is 5.17. The van der Waals surface area contributed by atoms with Gasteiger partial charge in [0.05, 0.1) is 18.7 Å². The van der Waals surface area contributed by atoms with Crippen molar-refractivity contribution in [2.75, 3.05) is 6.61 Å². The zero-order valence-corrected chi connectivity index (χ0v) is 9.67. The van der Waals surface area contributed by atoms with E-state index in [0.717, 1.165) is 12.1 Å². The van der Waals surface area contributed by atoms with Crippen molar-refractivity contribution in [3.63, 3.8) is 0 Å². The highest BCUT2D eigenvalue weighted by Crippen LogP contribution is 2.18. The third kappa shape index (κ3) is 4.30. The number of nitrogens with zero attached hydrogens (tertiary/aromatic N) is 1. The summed E-state index contributed by atoms with van der Waals surface area (Å²) in [6.07, 6.45) is -0.00927. The normalized spacial score (nSPS) is 11.4. The Hall–Kier alpha value is -1.78. The summed E-state index contributed by atoms with van der Waals surface area (Å²) in [4.78, 5) is 15.0. The topological polar surface area (TPSA) is 38.7 Å². The highest BCUT2D eigenvalue weighted by Gasteiger charge is 2.06. The molecular formula is C12H13F2NO2. The van der Waals surface area contributed by atoms with Gasteiger partial charge in [-0.1, -0.05) is 0 Å². The molecule has 0 unspecified atom stereocenters. The fourth-order valence-corrected chi connectivity index (χ4v) is 1.24. The van der Waals surface area contributed by atoms with E-state index in [2.05, 4.69) is 4.99 Å². The molecule has 17 heavy (non-hydrogen) atoms. The van der Waals surface area contributed by atoms with Gasteiger partial charge < -0.3 is 4.74 Å². The van der Waals surface area contributed by atoms with Crippen molar-refractivity contribution in [2.45, 2.75) is 20.3 Å². The second-order valence-electron chi connectivity index (χ2n) is 3.42. The number of hydrogen-bond acceptors (Lipinski definition) is 3. The van der Waals surface area contributed by atoms with Gasteiger partial charge in [0.1, 0.15) is 5.82 Å². The van der Waals surface area contributed by atoms with Gasteiger partial charge >= 0.3 is 5.97 Å². The largest absolute Gasteiger partial charge is 0.466 e. The van der Waals surface area contributed by atoms with Gasteiger partial charge in [0.15, 0.2) is 5.82 Å². The number of aliphatic imine (C=N–C) groups is 1. The van der Waals surface area contributed by atoms with Crippen LogP contribution in [0.5, 0.6) is 0 Å². The van der Waals surface area contributed by atoms with Crippen molar-refractivity contribution in [3.05, 3.63) is 29.8 Å². The first kappa shape index (κ1) is 13.3. The minimum atomic E-state index is -0.756. The Bertz CT molecular complexity index is 444. The molecule has 0 aliphatic carbocycles. The SMILES string of the molecule is CCOC(=O)CC(C)=Nc1ccc(F)cc1F. The van der Waals surface area contributed by atoms with Gasteiger partial charge in [-0.2, -0.15) is 0 Å². The average molecular weight is 241 g/mol. The molecule has 1 aromatic carbocycles. The van der Waals surface area contributed by atoms with E-state index >= 15 is 0 Å². The summed E-state index contributed by atoms with van der Waals surface area (Å²) in [6, 6.07) is 3.08. The molecule has 0 atom stereocenters. The van der Waals surface area contributed by atoms with Gasteiger partial charge in [-0.05, 0) is 26.0 Å². The quantitative estimate of drug-likeness (QED) is 0.600. The van der Waals surface area contributed by atoms with Crippen LogP contribution in [0, 0.1) is 11.6 Å². The molecule has 0 spiro atoms. The van der Waals surface area contributed by atoms with E-state index in [1.165, 1.54) is 6.07 Å². The lowest BCUT2D eigenvalue weighted by molar-refractivity contribution is -0.141. The van der Waals surface area contributed by atoms with Crippen molar-refractivity contribution in [3.8, 4) is 0 Å². The van der Waals surface area contributed by atoms with Crippen LogP contribution in [0.3, 0.4) is 0 Å². The van der Waals surface area contributed by atoms with Crippen molar-refractivity contribution in [2.24, 2.45) is 4.99 Å². The number of carbonyl (C=O) groups excluding carboxylic acids is 1. The lowest BCUT2D eigenvalue weighted by Gasteiger charge is -2.02. The summed E-state index contributed by atoms with van der Waals surface area (Å²) in [5, 5.41) is 0. The summed E-state index contributed by atoms with van der Waals surface area (Å²) in [5.41, 5.74) is 0.419. The van der Waals surface area contributed by atoms with E-state index in [1.807, 2.05) is 0 Å². The van der Waals surface area contributed by atoms with Crippen LogP contribution in [0.1, 0.15) is 20.3 Å². The van der Waals surface area contributed by atoms with Crippen LogP contribution < -0.4 is 0 Å². The zero-order valence-electron chi connectivity index (χ0n) is 9.67. The van der Waals surface area contributed by atoms with E-state index in [-0.39, 0.29) is 18.7 Å². The van der Waals surface area contributed by atoms with Gasteiger partial charge in [0.2, 0.25) is 0 Å².